The van der Waals surface area contributed by atoms with Crippen molar-refractivity contribution in [2.45, 2.75) is 6.92 Å². The average Bonchev–Trinajstić information content (AvgIpc) is 2.54. The second kappa shape index (κ2) is 5.66. The summed E-state index contributed by atoms with van der Waals surface area (Å²) in [6, 6.07) is 5.25. The summed E-state index contributed by atoms with van der Waals surface area (Å²) >= 11 is 5.96. The molecule has 1 atom stereocenters. The van der Waals surface area contributed by atoms with E-state index in [1.54, 1.807) is 18.2 Å². The third-order valence-electron chi connectivity index (χ3n) is 3.93. The smallest absolute Gasteiger partial charge is 0.263 e. The zero-order valence-corrected chi connectivity index (χ0v) is 13.4. The number of amides is 2. The number of piperidine rings is 1. The van der Waals surface area contributed by atoms with E-state index >= 15 is 0 Å². The number of fused-ring (bicyclic) bond motifs is 1. The van der Waals surface area contributed by atoms with Crippen molar-refractivity contribution in [2.75, 3.05) is 13.7 Å². The lowest BCUT2D eigenvalue weighted by Gasteiger charge is -2.26. The molecule has 0 aliphatic carbocycles. The lowest BCUT2D eigenvalue weighted by molar-refractivity contribution is -0.149. The van der Waals surface area contributed by atoms with Gasteiger partial charge in [0.25, 0.3) is 5.91 Å². The van der Waals surface area contributed by atoms with E-state index in [1.807, 2.05) is 6.08 Å². The maximum absolute atomic E-state index is 12.2. The van der Waals surface area contributed by atoms with E-state index < -0.39 is 23.5 Å². The van der Waals surface area contributed by atoms with E-state index in [1.165, 1.54) is 20.0 Å². The minimum Gasteiger partial charge on any atom is -0.488 e. The number of hydrogen-bond donors (Lipinski definition) is 0. The van der Waals surface area contributed by atoms with Crippen LogP contribution in [-0.2, 0) is 14.4 Å². The third kappa shape index (κ3) is 2.68. The van der Waals surface area contributed by atoms with Gasteiger partial charge in [-0.05, 0) is 42.8 Å². The molecule has 118 valence electrons. The molecule has 2 aliphatic heterocycles. The Bertz CT molecular complexity index is 768. The number of ketones is 1. The van der Waals surface area contributed by atoms with Crippen molar-refractivity contribution in [2.24, 2.45) is 5.92 Å². The van der Waals surface area contributed by atoms with Gasteiger partial charge in [0.2, 0.25) is 5.91 Å². The van der Waals surface area contributed by atoms with E-state index in [0.29, 0.717) is 16.3 Å². The summed E-state index contributed by atoms with van der Waals surface area (Å²) < 4.78 is 5.60. The molecule has 5 nitrogen and oxygen atoms in total. The van der Waals surface area contributed by atoms with Gasteiger partial charge in [0.05, 0.1) is 11.5 Å². The number of Topliss-reactive ketones (excluding diaryl/α,β-unsaturated/α-hetero) is 1. The van der Waals surface area contributed by atoms with Crippen LogP contribution in [0.2, 0.25) is 5.02 Å². The number of rotatable bonds is 1. The van der Waals surface area contributed by atoms with Gasteiger partial charge in [-0.1, -0.05) is 11.6 Å². The summed E-state index contributed by atoms with van der Waals surface area (Å²) in [6.45, 7) is 1.74. The largest absolute Gasteiger partial charge is 0.488 e. The number of halogens is 1. The average molecular weight is 332 g/mol. The fourth-order valence-corrected chi connectivity index (χ4v) is 2.77. The minimum atomic E-state index is -0.851. The highest BCUT2D eigenvalue weighted by molar-refractivity contribution is 6.32. The van der Waals surface area contributed by atoms with Crippen molar-refractivity contribution in [1.82, 2.24) is 4.90 Å². The van der Waals surface area contributed by atoms with Crippen LogP contribution in [0.5, 0.6) is 5.75 Å². The molecule has 3 rings (SSSR count). The lowest BCUT2D eigenvalue weighted by Crippen LogP contribution is -2.48. The van der Waals surface area contributed by atoms with Gasteiger partial charge in [-0.3, -0.25) is 19.3 Å². The van der Waals surface area contributed by atoms with E-state index in [4.69, 9.17) is 16.3 Å². The molecule has 0 saturated carbocycles. The highest BCUT2D eigenvalue weighted by Gasteiger charge is 2.39. The first kappa shape index (κ1) is 15.5. The number of carbonyl (C=O) groups is 3. The molecule has 1 saturated heterocycles. The standard InChI is InChI=1S/C17H14ClNO4/c1-9-15(20)13(17(22)19(2)16(9)21)6-10-5-11-7-12(18)3-4-14(11)23-8-10/h3-7,9H,8H2,1-2H3. The molecule has 1 fully saturated rings. The SMILES string of the molecule is CC1C(=O)C(=CC2=Cc3cc(Cl)ccc3OC2)C(=O)N(C)C1=O. The van der Waals surface area contributed by atoms with Crippen LogP contribution < -0.4 is 4.74 Å². The molecule has 1 aromatic carbocycles. The van der Waals surface area contributed by atoms with Gasteiger partial charge in [-0.15, -0.1) is 0 Å². The molecule has 1 aromatic rings. The molecule has 0 radical (unpaired) electrons. The zero-order chi connectivity index (χ0) is 16.7. The lowest BCUT2D eigenvalue weighted by atomic mass is 9.91. The van der Waals surface area contributed by atoms with Crippen molar-refractivity contribution in [3.8, 4) is 5.75 Å². The highest BCUT2D eigenvalue weighted by Crippen LogP contribution is 2.30. The monoisotopic (exact) mass is 331 g/mol. The topological polar surface area (TPSA) is 63.7 Å². The Morgan fingerprint density at radius 2 is 2.04 bits per heavy atom. The summed E-state index contributed by atoms with van der Waals surface area (Å²) in [5, 5.41) is 0.571. The van der Waals surface area contributed by atoms with Crippen LogP contribution in [0.1, 0.15) is 12.5 Å². The Balaban J connectivity index is 1.99. The number of likely N-dealkylation sites (N-methyl/N-ethyl adjacent to an activating group) is 1. The Morgan fingerprint density at radius 1 is 1.30 bits per heavy atom. The molecule has 1 unspecified atom stereocenters. The number of hydrogen-bond acceptors (Lipinski definition) is 4. The van der Waals surface area contributed by atoms with E-state index in [0.717, 1.165) is 10.5 Å². The summed E-state index contributed by atoms with van der Waals surface area (Å²) in [5.74, 6) is -1.69. The van der Waals surface area contributed by atoms with Crippen LogP contribution in [0, 0.1) is 5.92 Å². The molecule has 2 heterocycles. The van der Waals surface area contributed by atoms with Gasteiger partial charge in [-0.25, -0.2) is 0 Å². The quantitative estimate of drug-likeness (QED) is 0.343. The summed E-state index contributed by atoms with van der Waals surface area (Å²) in [5.41, 5.74) is 1.45. The van der Waals surface area contributed by atoms with Crippen LogP contribution in [0.15, 0.2) is 35.4 Å². The zero-order valence-electron chi connectivity index (χ0n) is 12.6. The number of likely N-dealkylation sites (tertiary alicyclic amines) is 1. The highest BCUT2D eigenvalue weighted by atomic mass is 35.5. The fraction of sp³-hybridized carbons (Fsp3) is 0.235. The molecule has 2 aliphatic rings. The second-order valence-electron chi connectivity index (χ2n) is 5.54. The van der Waals surface area contributed by atoms with Crippen LogP contribution in [0.4, 0.5) is 0 Å². The first-order valence-corrected chi connectivity index (χ1v) is 7.47. The third-order valence-corrected chi connectivity index (χ3v) is 4.17. The summed E-state index contributed by atoms with van der Waals surface area (Å²) in [6.07, 6.45) is 3.31. The fourth-order valence-electron chi connectivity index (χ4n) is 2.59. The summed E-state index contributed by atoms with van der Waals surface area (Å²) in [4.78, 5) is 37.2. The first-order chi connectivity index (χ1) is 10.9. The number of ether oxygens (including phenoxy) is 1. The Morgan fingerprint density at radius 3 is 2.78 bits per heavy atom. The number of carbonyl (C=O) groups excluding carboxylic acids is 3. The maximum atomic E-state index is 12.2. The van der Waals surface area contributed by atoms with Gasteiger partial charge >= 0.3 is 0 Å². The summed E-state index contributed by atoms with van der Waals surface area (Å²) in [7, 11) is 1.38. The molecular weight excluding hydrogens is 318 g/mol. The Kier molecular flexibility index (Phi) is 3.82. The molecule has 0 N–H and O–H groups in total. The van der Waals surface area contributed by atoms with Crippen LogP contribution in [-0.4, -0.2) is 36.2 Å². The number of benzene rings is 1. The molecule has 0 bridgehead atoms. The molecule has 6 heteroatoms. The normalized spacial score (nSPS) is 22.8. The van der Waals surface area contributed by atoms with Crippen molar-refractivity contribution in [3.63, 3.8) is 0 Å². The van der Waals surface area contributed by atoms with Crippen molar-refractivity contribution in [3.05, 3.63) is 46.0 Å². The molecule has 0 aromatic heterocycles. The van der Waals surface area contributed by atoms with E-state index in [9.17, 15) is 14.4 Å². The van der Waals surface area contributed by atoms with Gasteiger partial charge in [-0.2, -0.15) is 0 Å². The van der Waals surface area contributed by atoms with Crippen LogP contribution >= 0.6 is 11.6 Å². The van der Waals surface area contributed by atoms with Gasteiger partial charge in [0, 0.05) is 17.6 Å². The Labute approximate surface area is 138 Å². The van der Waals surface area contributed by atoms with Crippen molar-refractivity contribution in [1.29, 1.82) is 0 Å². The minimum absolute atomic E-state index is 0.0000666. The van der Waals surface area contributed by atoms with Crippen LogP contribution in [0.25, 0.3) is 6.08 Å². The molecular formula is C17H14ClNO4. The van der Waals surface area contributed by atoms with Crippen LogP contribution in [0.3, 0.4) is 0 Å². The molecule has 23 heavy (non-hydrogen) atoms. The van der Waals surface area contributed by atoms with Gasteiger partial charge in [0.15, 0.2) is 5.78 Å². The Hall–Kier alpha value is -2.40. The predicted molar refractivity (Wildman–Crippen MR) is 85.0 cm³/mol. The predicted octanol–water partition coefficient (Wildman–Crippen LogP) is 2.25. The number of nitrogens with zero attached hydrogens (tertiary/aromatic N) is 1. The second-order valence-corrected chi connectivity index (χ2v) is 5.97. The number of imide groups is 1. The molecule has 0 spiro atoms. The molecule has 2 amide bonds. The van der Waals surface area contributed by atoms with Crippen molar-refractivity contribution >= 4 is 35.3 Å². The van der Waals surface area contributed by atoms with Gasteiger partial charge < -0.3 is 4.74 Å². The van der Waals surface area contributed by atoms with E-state index in [-0.39, 0.29) is 12.2 Å². The van der Waals surface area contributed by atoms with Gasteiger partial charge in [0.1, 0.15) is 12.4 Å². The van der Waals surface area contributed by atoms with Crippen molar-refractivity contribution < 1.29 is 19.1 Å². The first-order valence-electron chi connectivity index (χ1n) is 7.09. The maximum Gasteiger partial charge on any atom is 0.263 e. The van der Waals surface area contributed by atoms with E-state index in [2.05, 4.69) is 0 Å².